The number of hydrogen-bond acceptors (Lipinski definition) is 1. The van der Waals surface area contributed by atoms with Gasteiger partial charge in [-0.25, -0.2) is 4.79 Å². The molecule has 0 spiro atoms. The van der Waals surface area contributed by atoms with Crippen LogP contribution in [0.3, 0.4) is 0 Å². The first-order valence-corrected chi connectivity index (χ1v) is 6.14. The molecule has 3 aromatic rings. The molecule has 0 saturated heterocycles. The van der Waals surface area contributed by atoms with Crippen molar-refractivity contribution in [1.82, 2.24) is 4.57 Å². The lowest BCUT2D eigenvalue weighted by Crippen LogP contribution is -2.06. The average Bonchev–Trinajstić information content (AvgIpc) is 2.78. The highest BCUT2D eigenvalue weighted by Gasteiger charge is 2.15. The minimum absolute atomic E-state index is 0.225. The quantitative estimate of drug-likeness (QED) is 0.766. The summed E-state index contributed by atoms with van der Waals surface area (Å²) in [5, 5.41) is 10.7. The van der Waals surface area contributed by atoms with Crippen LogP contribution in [0.25, 0.3) is 16.6 Å². The highest BCUT2D eigenvalue weighted by atomic mass is 35.5. The van der Waals surface area contributed by atoms with Crippen molar-refractivity contribution in [2.24, 2.45) is 0 Å². The Labute approximate surface area is 114 Å². The second kappa shape index (κ2) is 4.44. The van der Waals surface area contributed by atoms with Crippen LogP contribution in [-0.2, 0) is 0 Å². The third kappa shape index (κ3) is 1.98. The maximum atomic E-state index is 11.4. The van der Waals surface area contributed by atoms with Crippen LogP contribution in [0.4, 0.5) is 0 Å². The summed E-state index contributed by atoms with van der Waals surface area (Å²) in [5.74, 6) is -0.962. The molecule has 1 aromatic heterocycles. The topological polar surface area (TPSA) is 42.2 Å². The summed E-state index contributed by atoms with van der Waals surface area (Å²) in [7, 11) is 0. The van der Waals surface area contributed by atoms with E-state index in [1.807, 2.05) is 36.4 Å². The molecular weight excluding hydrogens is 262 g/mol. The Kier molecular flexibility index (Phi) is 2.76. The van der Waals surface area contributed by atoms with Gasteiger partial charge < -0.3 is 9.67 Å². The normalized spacial score (nSPS) is 10.8. The largest absolute Gasteiger partial charge is 0.477 e. The molecule has 19 heavy (non-hydrogen) atoms. The molecule has 94 valence electrons. The number of nitrogens with zero attached hydrogens (tertiary/aromatic N) is 1. The number of hydrogen-bond donors (Lipinski definition) is 1. The molecule has 0 atom stereocenters. The smallest absolute Gasteiger partial charge is 0.352 e. The zero-order valence-electron chi connectivity index (χ0n) is 9.88. The molecular formula is C15H10ClNO2. The van der Waals surface area contributed by atoms with Crippen LogP contribution in [0.2, 0.25) is 5.02 Å². The predicted molar refractivity (Wildman–Crippen MR) is 75.2 cm³/mol. The Bertz CT molecular complexity index is 762. The summed E-state index contributed by atoms with van der Waals surface area (Å²) < 4.78 is 1.72. The van der Waals surface area contributed by atoms with Crippen molar-refractivity contribution in [3.8, 4) is 5.69 Å². The summed E-state index contributed by atoms with van der Waals surface area (Å²) in [4.78, 5) is 11.4. The van der Waals surface area contributed by atoms with Crippen molar-refractivity contribution in [3.05, 3.63) is 65.3 Å². The first-order chi connectivity index (χ1) is 9.16. The molecule has 0 amide bonds. The van der Waals surface area contributed by atoms with E-state index in [9.17, 15) is 9.90 Å². The van der Waals surface area contributed by atoms with Gasteiger partial charge in [0.15, 0.2) is 0 Å². The van der Waals surface area contributed by atoms with Crippen LogP contribution in [0, 0.1) is 0 Å². The first kappa shape index (κ1) is 11.8. The van der Waals surface area contributed by atoms with Crippen LogP contribution in [0.15, 0.2) is 54.6 Å². The SMILES string of the molecule is O=C(O)c1cc2cc(Cl)ccc2n1-c1ccccc1. The zero-order chi connectivity index (χ0) is 13.4. The maximum Gasteiger partial charge on any atom is 0.352 e. The number of rotatable bonds is 2. The Morgan fingerprint density at radius 2 is 1.79 bits per heavy atom. The molecule has 1 N–H and O–H groups in total. The van der Waals surface area contributed by atoms with E-state index in [4.69, 9.17) is 11.6 Å². The molecule has 3 rings (SSSR count). The first-order valence-electron chi connectivity index (χ1n) is 5.76. The molecule has 0 aliphatic carbocycles. The van der Waals surface area contributed by atoms with E-state index >= 15 is 0 Å². The Morgan fingerprint density at radius 3 is 2.47 bits per heavy atom. The lowest BCUT2D eigenvalue weighted by molar-refractivity contribution is 0.0688. The van der Waals surface area contributed by atoms with Crippen molar-refractivity contribution in [1.29, 1.82) is 0 Å². The summed E-state index contributed by atoms with van der Waals surface area (Å²) in [6.45, 7) is 0. The van der Waals surface area contributed by atoms with Gasteiger partial charge in [0.25, 0.3) is 0 Å². The van der Waals surface area contributed by atoms with Gasteiger partial charge in [0.1, 0.15) is 5.69 Å². The predicted octanol–water partition coefficient (Wildman–Crippen LogP) is 3.98. The summed E-state index contributed by atoms with van der Waals surface area (Å²) >= 11 is 5.95. The lowest BCUT2D eigenvalue weighted by atomic mass is 10.2. The number of halogens is 1. The van der Waals surface area contributed by atoms with E-state index in [-0.39, 0.29) is 5.69 Å². The third-order valence-electron chi connectivity index (χ3n) is 3.00. The average molecular weight is 272 g/mol. The van der Waals surface area contributed by atoms with Gasteiger partial charge in [-0.05, 0) is 36.4 Å². The van der Waals surface area contributed by atoms with Crippen molar-refractivity contribution < 1.29 is 9.90 Å². The van der Waals surface area contributed by atoms with Crippen molar-refractivity contribution >= 4 is 28.5 Å². The van der Waals surface area contributed by atoms with Crippen molar-refractivity contribution in [2.75, 3.05) is 0 Å². The van der Waals surface area contributed by atoms with Crippen molar-refractivity contribution in [2.45, 2.75) is 0 Å². The van der Waals surface area contributed by atoms with E-state index in [0.29, 0.717) is 5.02 Å². The van der Waals surface area contributed by atoms with Crippen LogP contribution >= 0.6 is 11.6 Å². The van der Waals surface area contributed by atoms with Gasteiger partial charge in [0.2, 0.25) is 0 Å². The number of benzene rings is 2. The van der Waals surface area contributed by atoms with Crippen LogP contribution < -0.4 is 0 Å². The van der Waals surface area contributed by atoms with Gasteiger partial charge in [-0.3, -0.25) is 0 Å². The van der Waals surface area contributed by atoms with Gasteiger partial charge >= 0.3 is 5.97 Å². The van der Waals surface area contributed by atoms with Crippen LogP contribution in [0.5, 0.6) is 0 Å². The fourth-order valence-corrected chi connectivity index (χ4v) is 2.38. The Morgan fingerprint density at radius 1 is 1.05 bits per heavy atom. The minimum atomic E-state index is -0.962. The van der Waals surface area contributed by atoms with E-state index in [1.54, 1.807) is 22.8 Å². The summed E-state index contributed by atoms with van der Waals surface area (Å²) in [5.41, 5.74) is 1.87. The Balaban J connectivity index is 2.38. The molecule has 0 aliphatic rings. The van der Waals surface area contributed by atoms with E-state index in [0.717, 1.165) is 16.6 Å². The van der Waals surface area contributed by atoms with Gasteiger partial charge in [-0.2, -0.15) is 0 Å². The van der Waals surface area contributed by atoms with E-state index in [2.05, 4.69) is 0 Å². The number of aromatic nitrogens is 1. The van der Waals surface area contributed by atoms with Crippen LogP contribution in [0.1, 0.15) is 10.5 Å². The maximum absolute atomic E-state index is 11.4. The standard InChI is InChI=1S/C15H10ClNO2/c16-11-6-7-13-10(8-11)9-14(15(18)19)17(13)12-4-2-1-3-5-12/h1-9H,(H,18,19). The summed E-state index contributed by atoms with van der Waals surface area (Å²) in [6.07, 6.45) is 0. The highest BCUT2D eigenvalue weighted by molar-refractivity contribution is 6.31. The molecule has 0 unspecified atom stereocenters. The summed E-state index contributed by atoms with van der Waals surface area (Å²) in [6, 6.07) is 16.4. The number of carbonyl (C=O) groups is 1. The molecule has 0 aliphatic heterocycles. The number of para-hydroxylation sites is 1. The second-order valence-electron chi connectivity index (χ2n) is 4.21. The fourth-order valence-electron chi connectivity index (χ4n) is 2.20. The van der Waals surface area contributed by atoms with Crippen LogP contribution in [-0.4, -0.2) is 15.6 Å². The van der Waals surface area contributed by atoms with Gasteiger partial charge in [0, 0.05) is 16.1 Å². The number of aromatic carboxylic acids is 1. The van der Waals surface area contributed by atoms with Gasteiger partial charge in [-0.15, -0.1) is 0 Å². The molecule has 2 aromatic carbocycles. The van der Waals surface area contributed by atoms with E-state index in [1.165, 1.54) is 0 Å². The fraction of sp³-hybridized carbons (Fsp3) is 0. The minimum Gasteiger partial charge on any atom is -0.477 e. The van der Waals surface area contributed by atoms with Gasteiger partial charge in [0.05, 0.1) is 5.52 Å². The number of carboxylic acid groups (broad SMARTS) is 1. The molecule has 3 nitrogen and oxygen atoms in total. The molecule has 0 bridgehead atoms. The molecule has 1 heterocycles. The Hall–Kier alpha value is -2.26. The van der Waals surface area contributed by atoms with Crippen molar-refractivity contribution in [3.63, 3.8) is 0 Å². The highest BCUT2D eigenvalue weighted by Crippen LogP contribution is 2.26. The molecule has 4 heteroatoms. The molecule has 0 saturated carbocycles. The number of fused-ring (bicyclic) bond motifs is 1. The zero-order valence-corrected chi connectivity index (χ0v) is 10.6. The lowest BCUT2D eigenvalue weighted by Gasteiger charge is -2.08. The van der Waals surface area contributed by atoms with Gasteiger partial charge in [-0.1, -0.05) is 29.8 Å². The van der Waals surface area contributed by atoms with E-state index < -0.39 is 5.97 Å². The second-order valence-corrected chi connectivity index (χ2v) is 4.65. The third-order valence-corrected chi connectivity index (χ3v) is 3.23. The molecule has 0 fully saturated rings. The number of carboxylic acids is 1. The monoisotopic (exact) mass is 271 g/mol. The molecule has 0 radical (unpaired) electrons.